The van der Waals surface area contributed by atoms with Gasteiger partial charge in [0.2, 0.25) is 0 Å². The number of hydrogen-bond donors (Lipinski definition) is 0. The zero-order valence-electron chi connectivity index (χ0n) is 11.7. The van der Waals surface area contributed by atoms with Crippen LogP contribution in [0.4, 0.5) is 0 Å². The lowest BCUT2D eigenvalue weighted by atomic mass is 9.99. The molecule has 0 aliphatic rings. The third kappa shape index (κ3) is 6.52. The van der Waals surface area contributed by atoms with Crippen molar-refractivity contribution < 1.29 is 0 Å². The molecule has 0 amide bonds. The van der Waals surface area contributed by atoms with E-state index in [1.165, 1.54) is 5.57 Å². The van der Waals surface area contributed by atoms with Gasteiger partial charge in [0, 0.05) is 11.9 Å². The Labute approximate surface area is 106 Å². The van der Waals surface area contributed by atoms with E-state index in [4.69, 9.17) is 0 Å². The maximum Gasteiger partial charge on any atom is 0.0346 e. The second-order valence-electron chi connectivity index (χ2n) is 4.34. The SMILES string of the molecule is C=C(C)N=CC(=C\C)/C(=C/C=C(C)C)C(=C)C. The van der Waals surface area contributed by atoms with Crippen LogP contribution in [-0.4, -0.2) is 6.21 Å². The van der Waals surface area contributed by atoms with Crippen LogP contribution in [0.25, 0.3) is 0 Å². The van der Waals surface area contributed by atoms with Crippen molar-refractivity contribution in [2.75, 3.05) is 0 Å². The quantitative estimate of drug-likeness (QED) is 0.464. The highest BCUT2D eigenvalue weighted by molar-refractivity contribution is 5.87. The van der Waals surface area contributed by atoms with Gasteiger partial charge >= 0.3 is 0 Å². The standard InChI is InChI=1S/C16H23N/c1-8-15(11-17-14(6)7)16(13(4)5)10-9-12(2)3/h8-11H,4,6H2,1-3,5,7H3/b15-8+,16-10+,17-11?. The van der Waals surface area contributed by atoms with Crippen LogP contribution in [0.2, 0.25) is 0 Å². The van der Waals surface area contributed by atoms with Gasteiger partial charge in [-0.3, -0.25) is 4.99 Å². The average molecular weight is 229 g/mol. The third-order valence-corrected chi connectivity index (χ3v) is 2.09. The Bertz CT molecular complexity index is 411. The molecule has 0 saturated heterocycles. The molecule has 0 bridgehead atoms. The molecule has 0 unspecified atom stereocenters. The summed E-state index contributed by atoms with van der Waals surface area (Å²) in [5, 5.41) is 0. The molecule has 0 aromatic carbocycles. The Hall–Kier alpha value is -1.63. The summed E-state index contributed by atoms with van der Waals surface area (Å²) in [5.74, 6) is 0. The van der Waals surface area contributed by atoms with E-state index < -0.39 is 0 Å². The molecule has 0 aromatic heterocycles. The van der Waals surface area contributed by atoms with E-state index in [9.17, 15) is 0 Å². The van der Waals surface area contributed by atoms with Crippen LogP contribution in [-0.2, 0) is 0 Å². The van der Waals surface area contributed by atoms with Crippen molar-refractivity contribution in [3.8, 4) is 0 Å². The normalized spacial score (nSPS) is 12.8. The summed E-state index contributed by atoms with van der Waals surface area (Å²) < 4.78 is 0. The van der Waals surface area contributed by atoms with Crippen LogP contribution in [0.3, 0.4) is 0 Å². The molecule has 0 aromatic rings. The van der Waals surface area contributed by atoms with E-state index >= 15 is 0 Å². The smallest absolute Gasteiger partial charge is 0.0346 e. The Kier molecular flexibility index (Phi) is 6.88. The van der Waals surface area contributed by atoms with E-state index in [-0.39, 0.29) is 0 Å². The monoisotopic (exact) mass is 229 g/mol. The summed E-state index contributed by atoms with van der Waals surface area (Å²) in [4.78, 5) is 4.24. The average Bonchev–Trinajstić information content (AvgIpc) is 2.21. The highest BCUT2D eigenvalue weighted by Crippen LogP contribution is 2.17. The zero-order chi connectivity index (χ0) is 13.4. The molecule has 0 heterocycles. The van der Waals surface area contributed by atoms with Crippen LogP contribution < -0.4 is 0 Å². The van der Waals surface area contributed by atoms with Gasteiger partial charge in [-0.1, -0.05) is 42.5 Å². The van der Waals surface area contributed by atoms with Gasteiger partial charge in [-0.2, -0.15) is 0 Å². The van der Waals surface area contributed by atoms with Gasteiger partial charge in [-0.25, -0.2) is 0 Å². The summed E-state index contributed by atoms with van der Waals surface area (Å²) in [7, 11) is 0. The molecule has 92 valence electrons. The highest BCUT2D eigenvalue weighted by atomic mass is 14.7. The first-order valence-electron chi connectivity index (χ1n) is 5.75. The maximum atomic E-state index is 4.24. The van der Waals surface area contributed by atoms with Crippen LogP contribution in [0.15, 0.2) is 64.4 Å². The molecule has 0 atom stereocenters. The minimum absolute atomic E-state index is 0.799. The van der Waals surface area contributed by atoms with Crippen molar-refractivity contribution in [3.63, 3.8) is 0 Å². The minimum atomic E-state index is 0.799. The Morgan fingerprint density at radius 3 is 1.94 bits per heavy atom. The van der Waals surface area contributed by atoms with E-state index in [2.05, 4.69) is 44.1 Å². The van der Waals surface area contributed by atoms with Crippen molar-refractivity contribution >= 4 is 6.21 Å². The lowest BCUT2D eigenvalue weighted by Crippen LogP contribution is -1.93. The summed E-state index contributed by atoms with van der Waals surface area (Å²) in [5.41, 5.74) is 5.27. The van der Waals surface area contributed by atoms with Crippen molar-refractivity contribution in [2.45, 2.75) is 34.6 Å². The predicted molar refractivity (Wildman–Crippen MR) is 79.4 cm³/mol. The molecule has 17 heavy (non-hydrogen) atoms. The molecule has 0 saturated carbocycles. The second kappa shape index (κ2) is 7.61. The van der Waals surface area contributed by atoms with Gasteiger partial charge in [0.15, 0.2) is 0 Å². The Morgan fingerprint density at radius 1 is 1.00 bits per heavy atom. The van der Waals surface area contributed by atoms with E-state index in [0.29, 0.717) is 0 Å². The fourth-order valence-electron chi connectivity index (χ4n) is 1.21. The van der Waals surface area contributed by atoms with Crippen molar-refractivity contribution in [1.29, 1.82) is 0 Å². The first-order valence-corrected chi connectivity index (χ1v) is 5.75. The number of allylic oxidation sites excluding steroid dienone is 8. The number of rotatable bonds is 5. The first kappa shape index (κ1) is 15.4. The lowest BCUT2D eigenvalue weighted by molar-refractivity contribution is 1.32. The van der Waals surface area contributed by atoms with Crippen LogP contribution in [0.5, 0.6) is 0 Å². The molecule has 1 heteroatoms. The van der Waals surface area contributed by atoms with E-state index in [1.54, 1.807) is 0 Å². The highest BCUT2D eigenvalue weighted by Gasteiger charge is 2.01. The first-order chi connectivity index (χ1) is 7.88. The lowest BCUT2D eigenvalue weighted by Gasteiger charge is -2.07. The molecule has 0 N–H and O–H groups in total. The topological polar surface area (TPSA) is 12.4 Å². The Morgan fingerprint density at radius 2 is 1.59 bits per heavy atom. The fourth-order valence-corrected chi connectivity index (χ4v) is 1.21. The molecular weight excluding hydrogens is 206 g/mol. The third-order valence-electron chi connectivity index (χ3n) is 2.09. The summed E-state index contributed by atoms with van der Waals surface area (Å²) in [6.07, 6.45) is 8.03. The number of nitrogens with zero attached hydrogens (tertiary/aromatic N) is 1. The van der Waals surface area contributed by atoms with Crippen LogP contribution in [0.1, 0.15) is 34.6 Å². The van der Waals surface area contributed by atoms with E-state index in [0.717, 1.165) is 22.4 Å². The van der Waals surface area contributed by atoms with Gasteiger partial charge in [0.05, 0.1) is 0 Å². The largest absolute Gasteiger partial charge is 0.262 e. The summed E-state index contributed by atoms with van der Waals surface area (Å²) >= 11 is 0. The molecule has 0 aliphatic carbocycles. The minimum Gasteiger partial charge on any atom is -0.262 e. The van der Waals surface area contributed by atoms with Crippen molar-refractivity contribution in [3.05, 3.63) is 59.4 Å². The van der Waals surface area contributed by atoms with Gasteiger partial charge < -0.3 is 0 Å². The number of aliphatic imine (C=N–C) groups is 1. The van der Waals surface area contributed by atoms with Gasteiger partial charge in [-0.05, 0) is 45.8 Å². The molecule has 0 radical (unpaired) electrons. The van der Waals surface area contributed by atoms with Gasteiger partial charge in [0.1, 0.15) is 0 Å². The zero-order valence-corrected chi connectivity index (χ0v) is 11.7. The summed E-state index contributed by atoms with van der Waals surface area (Å²) in [6.45, 7) is 17.8. The maximum absolute atomic E-state index is 4.24. The fraction of sp³-hybridized carbons (Fsp3) is 0.312. The molecule has 0 spiro atoms. The van der Waals surface area contributed by atoms with E-state index in [1.807, 2.05) is 33.1 Å². The van der Waals surface area contributed by atoms with Crippen molar-refractivity contribution in [2.24, 2.45) is 4.99 Å². The van der Waals surface area contributed by atoms with Gasteiger partial charge in [0.25, 0.3) is 0 Å². The number of hydrogen-bond acceptors (Lipinski definition) is 1. The Balaban J connectivity index is 5.32. The van der Waals surface area contributed by atoms with Gasteiger partial charge in [-0.15, -0.1) is 0 Å². The van der Waals surface area contributed by atoms with Crippen LogP contribution in [0, 0.1) is 0 Å². The molecule has 0 rings (SSSR count). The van der Waals surface area contributed by atoms with Crippen LogP contribution >= 0.6 is 0 Å². The molecule has 1 nitrogen and oxygen atoms in total. The summed E-state index contributed by atoms with van der Waals surface area (Å²) in [6, 6.07) is 0. The predicted octanol–water partition coefficient (Wildman–Crippen LogP) is 5.01. The molecule has 0 aliphatic heterocycles. The second-order valence-corrected chi connectivity index (χ2v) is 4.34. The molecular formula is C16H23N. The molecule has 0 fully saturated rings. The van der Waals surface area contributed by atoms with Crippen molar-refractivity contribution in [1.82, 2.24) is 0 Å².